The van der Waals surface area contributed by atoms with E-state index in [-0.39, 0.29) is 6.04 Å². The van der Waals surface area contributed by atoms with Gasteiger partial charge in [-0.05, 0) is 31.2 Å². The number of aliphatic carboxylic acids is 1. The van der Waals surface area contributed by atoms with Crippen LogP contribution in [0.1, 0.15) is 12.5 Å². The second kappa shape index (κ2) is 5.72. The predicted molar refractivity (Wildman–Crippen MR) is 72.0 cm³/mol. The molecule has 2 atom stereocenters. The molecule has 0 spiro atoms. The van der Waals surface area contributed by atoms with Crippen molar-refractivity contribution in [2.45, 2.75) is 13.0 Å². The van der Waals surface area contributed by atoms with Crippen LogP contribution in [0.2, 0.25) is 0 Å². The Morgan fingerprint density at radius 2 is 2.11 bits per heavy atom. The number of benzene rings is 1. The van der Waals surface area contributed by atoms with E-state index in [0.29, 0.717) is 18.7 Å². The van der Waals surface area contributed by atoms with Gasteiger partial charge in [0.15, 0.2) is 0 Å². The lowest BCUT2D eigenvalue weighted by Gasteiger charge is -2.26. The van der Waals surface area contributed by atoms with Crippen LogP contribution in [-0.2, 0) is 4.79 Å². The summed E-state index contributed by atoms with van der Waals surface area (Å²) in [4.78, 5) is 13.2. The topological polar surface area (TPSA) is 76.4 Å². The first kappa shape index (κ1) is 13.4. The summed E-state index contributed by atoms with van der Waals surface area (Å²) in [7, 11) is 0. The SMILES string of the molecule is CC1CN(c2ccc(C#N)cc2)CC(C(=O)O)CN1. The van der Waals surface area contributed by atoms with Crippen molar-refractivity contribution < 1.29 is 9.90 Å². The van der Waals surface area contributed by atoms with E-state index in [4.69, 9.17) is 5.26 Å². The Morgan fingerprint density at radius 3 is 2.68 bits per heavy atom. The maximum atomic E-state index is 11.2. The number of nitriles is 1. The van der Waals surface area contributed by atoms with Gasteiger partial charge in [-0.15, -0.1) is 0 Å². The molecule has 2 N–H and O–H groups in total. The predicted octanol–water partition coefficient (Wildman–Crippen LogP) is 1.06. The Morgan fingerprint density at radius 1 is 1.42 bits per heavy atom. The van der Waals surface area contributed by atoms with Crippen LogP contribution < -0.4 is 10.2 Å². The molecule has 0 bridgehead atoms. The lowest BCUT2D eigenvalue weighted by molar-refractivity contribution is -0.141. The van der Waals surface area contributed by atoms with Crippen LogP contribution in [-0.4, -0.2) is 36.8 Å². The van der Waals surface area contributed by atoms with E-state index in [2.05, 4.69) is 16.3 Å². The van der Waals surface area contributed by atoms with Crippen molar-refractivity contribution in [2.75, 3.05) is 24.5 Å². The molecule has 1 saturated heterocycles. The maximum Gasteiger partial charge on any atom is 0.309 e. The van der Waals surface area contributed by atoms with Gasteiger partial charge in [-0.2, -0.15) is 5.26 Å². The number of carboxylic acids is 1. The molecule has 100 valence electrons. The zero-order valence-corrected chi connectivity index (χ0v) is 10.8. The van der Waals surface area contributed by atoms with E-state index in [9.17, 15) is 9.90 Å². The van der Waals surface area contributed by atoms with Gasteiger partial charge < -0.3 is 15.3 Å². The molecule has 1 aromatic carbocycles. The largest absolute Gasteiger partial charge is 0.481 e. The molecule has 1 aromatic rings. The summed E-state index contributed by atoms with van der Waals surface area (Å²) in [5, 5.41) is 21.2. The van der Waals surface area contributed by atoms with Crippen LogP contribution in [0, 0.1) is 17.2 Å². The third kappa shape index (κ3) is 3.24. The molecule has 1 heterocycles. The highest BCUT2D eigenvalue weighted by Gasteiger charge is 2.26. The van der Waals surface area contributed by atoms with E-state index in [1.807, 2.05) is 19.1 Å². The van der Waals surface area contributed by atoms with Gasteiger partial charge in [-0.1, -0.05) is 0 Å². The molecule has 1 aliphatic heterocycles. The van der Waals surface area contributed by atoms with Crippen LogP contribution in [0.4, 0.5) is 5.69 Å². The third-order valence-electron chi connectivity index (χ3n) is 3.36. The summed E-state index contributed by atoms with van der Waals surface area (Å²) in [5.74, 6) is -1.19. The molecule has 2 rings (SSSR count). The number of carbonyl (C=O) groups is 1. The Labute approximate surface area is 112 Å². The molecule has 0 aromatic heterocycles. The quantitative estimate of drug-likeness (QED) is 0.830. The van der Waals surface area contributed by atoms with Gasteiger partial charge in [0.2, 0.25) is 0 Å². The number of hydrogen-bond acceptors (Lipinski definition) is 4. The van der Waals surface area contributed by atoms with Gasteiger partial charge in [0.25, 0.3) is 0 Å². The highest BCUT2D eigenvalue weighted by Crippen LogP contribution is 2.19. The maximum absolute atomic E-state index is 11.2. The second-order valence-corrected chi connectivity index (χ2v) is 4.91. The highest BCUT2D eigenvalue weighted by atomic mass is 16.4. The summed E-state index contributed by atoms with van der Waals surface area (Å²) < 4.78 is 0. The summed E-state index contributed by atoms with van der Waals surface area (Å²) >= 11 is 0. The molecular weight excluding hydrogens is 242 g/mol. The minimum atomic E-state index is -0.778. The molecule has 1 fully saturated rings. The molecule has 2 unspecified atom stereocenters. The van der Waals surface area contributed by atoms with E-state index in [1.165, 1.54) is 0 Å². The first-order valence-corrected chi connectivity index (χ1v) is 6.31. The smallest absolute Gasteiger partial charge is 0.309 e. The fraction of sp³-hybridized carbons (Fsp3) is 0.429. The van der Waals surface area contributed by atoms with Crippen molar-refractivity contribution in [1.29, 1.82) is 5.26 Å². The number of nitrogens with zero attached hydrogens (tertiary/aromatic N) is 2. The molecule has 0 aliphatic carbocycles. The lowest BCUT2D eigenvalue weighted by atomic mass is 10.1. The van der Waals surface area contributed by atoms with Crippen LogP contribution in [0.25, 0.3) is 0 Å². The number of nitrogens with one attached hydrogen (secondary N) is 1. The normalized spacial score (nSPS) is 23.5. The van der Waals surface area contributed by atoms with Gasteiger partial charge in [0.05, 0.1) is 17.6 Å². The minimum Gasteiger partial charge on any atom is -0.481 e. The molecule has 1 aliphatic rings. The molecule has 5 heteroatoms. The van der Waals surface area contributed by atoms with Crippen molar-refractivity contribution in [3.8, 4) is 6.07 Å². The van der Waals surface area contributed by atoms with E-state index in [1.54, 1.807) is 12.1 Å². The summed E-state index contributed by atoms with van der Waals surface area (Å²) in [6, 6.07) is 9.57. The summed E-state index contributed by atoms with van der Waals surface area (Å²) in [6.07, 6.45) is 0. The number of rotatable bonds is 2. The fourth-order valence-electron chi connectivity index (χ4n) is 2.27. The molecule has 0 radical (unpaired) electrons. The van der Waals surface area contributed by atoms with E-state index < -0.39 is 11.9 Å². The lowest BCUT2D eigenvalue weighted by Crippen LogP contribution is -2.35. The van der Waals surface area contributed by atoms with Gasteiger partial charge >= 0.3 is 5.97 Å². The van der Waals surface area contributed by atoms with Crippen LogP contribution in [0.3, 0.4) is 0 Å². The molecule has 19 heavy (non-hydrogen) atoms. The van der Waals surface area contributed by atoms with Crippen molar-refractivity contribution in [3.05, 3.63) is 29.8 Å². The van der Waals surface area contributed by atoms with Crippen LogP contribution >= 0.6 is 0 Å². The average Bonchev–Trinajstić information content (AvgIpc) is 2.61. The first-order valence-electron chi connectivity index (χ1n) is 6.31. The van der Waals surface area contributed by atoms with Gasteiger partial charge in [-0.3, -0.25) is 4.79 Å². The van der Waals surface area contributed by atoms with Crippen molar-refractivity contribution in [2.24, 2.45) is 5.92 Å². The fourth-order valence-corrected chi connectivity index (χ4v) is 2.27. The number of carboxylic acid groups (broad SMARTS) is 1. The first-order chi connectivity index (χ1) is 9.10. The standard InChI is InChI=1S/C14H17N3O2/c1-10-8-17(9-12(7-16-10)14(18)19)13-4-2-11(6-15)3-5-13/h2-5,10,12,16H,7-9H2,1H3,(H,18,19). The minimum absolute atomic E-state index is 0.236. The Kier molecular flexibility index (Phi) is 4.03. The monoisotopic (exact) mass is 259 g/mol. The Bertz CT molecular complexity index is 492. The zero-order chi connectivity index (χ0) is 13.8. The Balaban J connectivity index is 2.19. The highest BCUT2D eigenvalue weighted by molar-refractivity contribution is 5.71. The van der Waals surface area contributed by atoms with E-state index >= 15 is 0 Å². The molecule has 5 nitrogen and oxygen atoms in total. The Hall–Kier alpha value is -2.06. The summed E-state index contributed by atoms with van der Waals surface area (Å²) in [6.45, 7) is 3.78. The zero-order valence-electron chi connectivity index (χ0n) is 10.8. The van der Waals surface area contributed by atoms with Gasteiger partial charge in [0, 0.05) is 31.4 Å². The number of anilines is 1. The average molecular weight is 259 g/mol. The van der Waals surface area contributed by atoms with Crippen LogP contribution in [0.15, 0.2) is 24.3 Å². The van der Waals surface area contributed by atoms with Crippen molar-refractivity contribution >= 4 is 11.7 Å². The molecule has 0 amide bonds. The number of hydrogen-bond donors (Lipinski definition) is 2. The molecule has 0 saturated carbocycles. The van der Waals surface area contributed by atoms with Crippen molar-refractivity contribution in [3.63, 3.8) is 0 Å². The van der Waals surface area contributed by atoms with Gasteiger partial charge in [-0.25, -0.2) is 0 Å². The van der Waals surface area contributed by atoms with E-state index in [0.717, 1.165) is 12.2 Å². The van der Waals surface area contributed by atoms with Crippen LogP contribution in [0.5, 0.6) is 0 Å². The summed E-state index contributed by atoms with van der Waals surface area (Å²) in [5.41, 5.74) is 1.57. The van der Waals surface area contributed by atoms with Crippen molar-refractivity contribution in [1.82, 2.24) is 5.32 Å². The van der Waals surface area contributed by atoms with Gasteiger partial charge in [0.1, 0.15) is 0 Å². The third-order valence-corrected chi connectivity index (χ3v) is 3.36. The molecular formula is C14H17N3O2. The second-order valence-electron chi connectivity index (χ2n) is 4.91.